The number of hydrogen-bond acceptors (Lipinski definition) is 4. The third kappa shape index (κ3) is 3.57. The van der Waals surface area contributed by atoms with Gasteiger partial charge in [0.1, 0.15) is 0 Å². The minimum absolute atomic E-state index is 0.495. The summed E-state index contributed by atoms with van der Waals surface area (Å²) in [5.41, 5.74) is 1.20. The summed E-state index contributed by atoms with van der Waals surface area (Å²) in [6.07, 6.45) is 3.04. The Kier molecular flexibility index (Phi) is 4.48. The van der Waals surface area contributed by atoms with E-state index < -0.39 is 0 Å². The zero-order chi connectivity index (χ0) is 14.8. The van der Waals surface area contributed by atoms with Crippen LogP contribution in [0.15, 0.2) is 30.5 Å². The maximum atomic E-state index is 6.01. The largest absolute Gasteiger partial charge is 0.481 e. The molecule has 0 saturated heterocycles. The number of nitrogens with one attached hydrogen (secondary N) is 1. The number of nitrogens with zero attached hydrogens (tertiary/aromatic N) is 1. The zero-order valence-corrected chi connectivity index (χ0v) is 13.7. The Morgan fingerprint density at radius 1 is 1.48 bits per heavy atom. The molecule has 0 unspecified atom stereocenters. The van der Waals surface area contributed by atoms with Gasteiger partial charge < -0.3 is 10.1 Å². The van der Waals surface area contributed by atoms with Crippen molar-refractivity contribution in [2.24, 2.45) is 5.92 Å². The van der Waals surface area contributed by atoms with E-state index in [0.717, 1.165) is 10.9 Å². The molecule has 3 nitrogen and oxygen atoms in total. The molecular formula is C16H19ClN2OS. The molecule has 0 bridgehead atoms. The molecule has 0 spiro atoms. The molecule has 5 heteroatoms. The van der Waals surface area contributed by atoms with Crippen LogP contribution in [0.25, 0.3) is 0 Å². The van der Waals surface area contributed by atoms with E-state index in [-0.39, 0.29) is 0 Å². The van der Waals surface area contributed by atoms with E-state index >= 15 is 0 Å². The molecule has 3 rings (SSSR count). The van der Waals surface area contributed by atoms with Gasteiger partial charge in [0.2, 0.25) is 5.88 Å². The van der Waals surface area contributed by atoms with E-state index in [1.807, 2.05) is 18.2 Å². The van der Waals surface area contributed by atoms with Crippen LogP contribution in [0.1, 0.15) is 29.7 Å². The molecule has 0 aromatic carbocycles. The Morgan fingerprint density at radius 3 is 3.05 bits per heavy atom. The van der Waals surface area contributed by atoms with E-state index in [2.05, 4.69) is 23.3 Å². The van der Waals surface area contributed by atoms with Crippen LogP contribution >= 0.6 is 22.9 Å². The summed E-state index contributed by atoms with van der Waals surface area (Å²) >= 11 is 7.73. The first kappa shape index (κ1) is 14.8. The molecule has 2 aromatic rings. The quantitative estimate of drug-likeness (QED) is 0.870. The Morgan fingerprint density at radius 2 is 2.33 bits per heavy atom. The minimum atomic E-state index is 0.495. The Balaban J connectivity index is 1.52. The Bertz CT molecular complexity index is 616. The van der Waals surface area contributed by atoms with Crippen LogP contribution in [0.5, 0.6) is 5.88 Å². The molecule has 1 saturated carbocycles. The van der Waals surface area contributed by atoms with Crippen LogP contribution in [0.4, 0.5) is 0 Å². The van der Waals surface area contributed by atoms with Crippen molar-refractivity contribution >= 4 is 22.9 Å². The third-order valence-corrected chi connectivity index (χ3v) is 5.44. The van der Waals surface area contributed by atoms with Gasteiger partial charge >= 0.3 is 0 Å². The van der Waals surface area contributed by atoms with Crippen molar-refractivity contribution in [3.05, 3.63) is 45.2 Å². The zero-order valence-electron chi connectivity index (χ0n) is 12.2. The average molecular weight is 323 g/mol. The number of pyridine rings is 1. The topological polar surface area (TPSA) is 34.1 Å². The number of rotatable bonds is 6. The molecule has 1 N–H and O–H groups in total. The van der Waals surface area contributed by atoms with E-state index in [0.29, 0.717) is 23.8 Å². The molecule has 2 aromatic heterocycles. The van der Waals surface area contributed by atoms with Crippen molar-refractivity contribution in [1.29, 1.82) is 0 Å². The van der Waals surface area contributed by atoms with Crippen molar-refractivity contribution in [3.63, 3.8) is 0 Å². The summed E-state index contributed by atoms with van der Waals surface area (Å²) in [6, 6.07) is 8.65. The fraction of sp³-hybridized carbons (Fsp3) is 0.438. The Labute approximate surface area is 134 Å². The van der Waals surface area contributed by atoms with Gasteiger partial charge in [0, 0.05) is 29.7 Å². The van der Waals surface area contributed by atoms with E-state index in [9.17, 15) is 0 Å². The summed E-state index contributed by atoms with van der Waals surface area (Å²) in [4.78, 5) is 5.55. The number of methoxy groups -OCH3 is 1. The predicted octanol–water partition coefficient (Wildman–Crippen LogP) is 4.09. The minimum Gasteiger partial charge on any atom is -0.481 e. The fourth-order valence-electron chi connectivity index (χ4n) is 2.72. The van der Waals surface area contributed by atoms with Crippen molar-refractivity contribution in [1.82, 2.24) is 10.3 Å². The van der Waals surface area contributed by atoms with E-state index in [1.54, 1.807) is 24.6 Å². The first-order valence-electron chi connectivity index (χ1n) is 7.15. The SMILES string of the molecule is COc1cc(CN[C@H](C)[C@@H]2C[C@H]2c2ccc(Cl)s2)ccn1. The van der Waals surface area contributed by atoms with Gasteiger partial charge in [-0.05, 0) is 48.9 Å². The van der Waals surface area contributed by atoms with Gasteiger partial charge in [0.05, 0.1) is 11.4 Å². The molecule has 0 radical (unpaired) electrons. The van der Waals surface area contributed by atoms with Crippen LogP contribution in [0, 0.1) is 5.92 Å². The van der Waals surface area contributed by atoms with Crippen LogP contribution < -0.4 is 10.1 Å². The Hall–Kier alpha value is -1.10. The summed E-state index contributed by atoms with van der Waals surface area (Å²) in [7, 11) is 1.64. The average Bonchev–Trinajstić information content (AvgIpc) is 3.20. The third-order valence-electron chi connectivity index (χ3n) is 4.08. The smallest absolute Gasteiger partial charge is 0.213 e. The van der Waals surface area contributed by atoms with Gasteiger partial charge in [-0.2, -0.15) is 0 Å². The molecule has 21 heavy (non-hydrogen) atoms. The van der Waals surface area contributed by atoms with Crippen LogP contribution in [0.2, 0.25) is 4.34 Å². The van der Waals surface area contributed by atoms with Gasteiger partial charge in [-0.3, -0.25) is 0 Å². The predicted molar refractivity (Wildman–Crippen MR) is 87.3 cm³/mol. The normalized spacial score (nSPS) is 22.0. The second-order valence-corrected chi connectivity index (χ2v) is 7.27. The summed E-state index contributed by atoms with van der Waals surface area (Å²) in [5.74, 6) is 2.06. The highest BCUT2D eigenvalue weighted by Crippen LogP contribution is 2.51. The van der Waals surface area contributed by atoms with Crippen LogP contribution in [-0.4, -0.2) is 18.1 Å². The van der Waals surface area contributed by atoms with E-state index in [1.165, 1.54) is 16.9 Å². The van der Waals surface area contributed by atoms with Crippen molar-refractivity contribution in [2.45, 2.75) is 31.8 Å². The lowest BCUT2D eigenvalue weighted by atomic mass is 10.1. The van der Waals surface area contributed by atoms with Gasteiger partial charge in [-0.25, -0.2) is 4.98 Å². The highest BCUT2D eigenvalue weighted by Gasteiger charge is 2.42. The van der Waals surface area contributed by atoms with Crippen molar-refractivity contribution < 1.29 is 4.74 Å². The maximum Gasteiger partial charge on any atom is 0.213 e. The monoisotopic (exact) mass is 322 g/mol. The molecule has 0 aliphatic heterocycles. The van der Waals surface area contributed by atoms with Crippen molar-refractivity contribution in [2.75, 3.05) is 7.11 Å². The molecule has 2 heterocycles. The van der Waals surface area contributed by atoms with E-state index in [4.69, 9.17) is 16.3 Å². The summed E-state index contributed by atoms with van der Waals surface area (Å²) < 4.78 is 6.04. The number of hydrogen-bond donors (Lipinski definition) is 1. The lowest BCUT2D eigenvalue weighted by Crippen LogP contribution is -2.27. The van der Waals surface area contributed by atoms with Gasteiger partial charge in [-0.15, -0.1) is 11.3 Å². The first-order valence-corrected chi connectivity index (χ1v) is 8.34. The second kappa shape index (κ2) is 6.34. The molecule has 1 aliphatic carbocycles. The molecule has 112 valence electrons. The molecular weight excluding hydrogens is 304 g/mol. The molecule has 1 fully saturated rings. The summed E-state index contributed by atoms with van der Waals surface area (Å²) in [6.45, 7) is 3.10. The standard InChI is InChI=1S/C16H19ClN2OS/c1-10(12-8-13(12)14-3-4-15(17)21-14)19-9-11-5-6-18-16(7-11)20-2/h3-7,10,12-13,19H,8-9H2,1-2H3/t10-,12+,13-/m1/s1. The maximum absolute atomic E-state index is 6.01. The molecule has 3 atom stereocenters. The highest BCUT2D eigenvalue weighted by atomic mass is 35.5. The highest BCUT2D eigenvalue weighted by molar-refractivity contribution is 7.16. The second-order valence-electron chi connectivity index (χ2n) is 5.52. The lowest BCUT2D eigenvalue weighted by molar-refractivity contribution is 0.396. The first-order chi connectivity index (χ1) is 10.2. The molecule has 0 amide bonds. The van der Waals surface area contributed by atoms with Gasteiger partial charge in [0.15, 0.2) is 0 Å². The number of aromatic nitrogens is 1. The molecule has 1 aliphatic rings. The number of halogens is 1. The summed E-state index contributed by atoms with van der Waals surface area (Å²) in [5, 5.41) is 3.61. The fourth-order valence-corrected chi connectivity index (χ4v) is 3.97. The van der Waals surface area contributed by atoms with Gasteiger partial charge in [-0.1, -0.05) is 11.6 Å². The lowest BCUT2D eigenvalue weighted by Gasteiger charge is -2.14. The van der Waals surface area contributed by atoms with Crippen LogP contribution in [0.3, 0.4) is 0 Å². The van der Waals surface area contributed by atoms with Crippen molar-refractivity contribution in [3.8, 4) is 5.88 Å². The van der Waals surface area contributed by atoms with Gasteiger partial charge in [0.25, 0.3) is 0 Å². The number of ether oxygens (including phenoxy) is 1. The van der Waals surface area contributed by atoms with Crippen LogP contribution in [-0.2, 0) is 6.54 Å². The number of thiophene rings is 1.